The van der Waals surface area contributed by atoms with Crippen LogP contribution in [0.4, 0.5) is 0 Å². The molecule has 0 aliphatic rings. The van der Waals surface area contributed by atoms with Crippen molar-refractivity contribution in [2.75, 3.05) is 26.9 Å². The van der Waals surface area contributed by atoms with Crippen LogP contribution >= 0.6 is 0 Å². The van der Waals surface area contributed by atoms with Crippen molar-refractivity contribution >= 4 is 5.97 Å². The summed E-state index contributed by atoms with van der Waals surface area (Å²) < 4.78 is 15.6. The van der Waals surface area contributed by atoms with Gasteiger partial charge in [0.25, 0.3) is 0 Å². The molecule has 0 unspecified atom stereocenters. The molecule has 0 amide bonds. The van der Waals surface area contributed by atoms with E-state index in [9.17, 15) is 4.79 Å². The van der Waals surface area contributed by atoms with Gasteiger partial charge in [-0.15, -0.1) is 0 Å². The molecule has 0 atom stereocenters. The molecule has 0 saturated carbocycles. The molecule has 1 rings (SSSR count). The van der Waals surface area contributed by atoms with E-state index in [4.69, 9.17) is 14.2 Å². The molecule has 0 heterocycles. The third-order valence-corrected chi connectivity index (χ3v) is 2.44. The predicted molar refractivity (Wildman–Crippen MR) is 72.5 cm³/mol. The molecule has 0 aliphatic carbocycles. The quantitative estimate of drug-likeness (QED) is 0.574. The van der Waals surface area contributed by atoms with Crippen LogP contribution in [0.1, 0.15) is 19.4 Å². The number of rotatable bonds is 8. The van der Waals surface area contributed by atoms with Crippen molar-refractivity contribution in [2.45, 2.75) is 20.4 Å². The number of hydrogen-bond acceptors (Lipinski definition) is 5. The highest BCUT2D eigenvalue weighted by atomic mass is 16.5. The van der Waals surface area contributed by atoms with Gasteiger partial charge in [0.1, 0.15) is 6.61 Å². The summed E-state index contributed by atoms with van der Waals surface area (Å²) in [5.41, 5.74) is 1.09. The fraction of sp³-hybridized carbons (Fsp3) is 0.500. The monoisotopic (exact) mass is 267 g/mol. The lowest BCUT2D eigenvalue weighted by molar-refractivity contribution is -0.140. The highest BCUT2D eigenvalue weighted by molar-refractivity contribution is 5.65. The molecular weight excluding hydrogens is 246 g/mol. The van der Waals surface area contributed by atoms with Gasteiger partial charge in [0.05, 0.1) is 13.7 Å². The zero-order valence-electron chi connectivity index (χ0n) is 11.7. The van der Waals surface area contributed by atoms with E-state index in [0.29, 0.717) is 26.3 Å². The van der Waals surface area contributed by atoms with E-state index >= 15 is 0 Å². The molecule has 106 valence electrons. The largest absolute Gasteiger partial charge is 0.493 e. The summed E-state index contributed by atoms with van der Waals surface area (Å²) in [5.74, 6) is 1.21. The average Bonchev–Trinajstić information content (AvgIpc) is 2.39. The molecule has 5 heteroatoms. The Morgan fingerprint density at radius 3 is 2.74 bits per heavy atom. The van der Waals surface area contributed by atoms with Crippen LogP contribution in [0.3, 0.4) is 0 Å². The molecule has 0 fully saturated rings. The Hall–Kier alpha value is -1.75. The van der Waals surface area contributed by atoms with Gasteiger partial charge in [-0.2, -0.15) is 0 Å². The topological polar surface area (TPSA) is 56.8 Å². The SMILES string of the molecule is CCOc1ccc(CNCCOC(C)=O)cc1OC. The van der Waals surface area contributed by atoms with E-state index in [-0.39, 0.29) is 5.97 Å². The van der Waals surface area contributed by atoms with E-state index in [2.05, 4.69) is 5.32 Å². The number of carbonyl (C=O) groups excluding carboxylic acids is 1. The minimum absolute atomic E-state index is 0.260. The van der Waals surface area contributed by atoms with Gasteiger partial charge >= 0.3 is 5.97 Å². The van der Waals surface area contributed by atoms with E-state index < -0.39 is 0 Å². The lowest BCUT2D eigenvalue weighted by atomic mass is 10.2. The first kappa shape index (κ1) is 15.3. The molecule has 19 heavy (non-hydrogen) atoms. The van der Waals surface area contributed by atoms with E-state index in [1.54, 1.807) is 7.11 Å². The highest BCUT2D eigenvalue weighted by Crippen LogP contribution is 2.27. The molecule has 0 aromatic heterocycles. The second kappa shape index (κ2) is 8.37. The van der Waals surface area contributed by atoms with E-state index in [0.717, 1.165) is 17.1 Å². The molecular formula is C14H21NO4. The molecule has 0 spiro atoms. The Labute approximate surface area is 113 Å². The Balaban J connectivity index is 2.43. The molecule has 0 saturated heterocycles. The third kappa shape index (κ3) is 5.61. The lowest BCUT2D eigenvalue weighted by Gasteiger charge is -2.11. The maximum Gasteiger partial charge on any atom is 0.302 e. The lowest BCUT2D eigenvalue weighted by Crippen LogP contribution is -2.20. The number of benzene rings is 1. The van der Waals surface area contributed by atoms with E-state index in [1.807, 2.05) is 25.1 Å². The van der Waals surface area contributed by atoms with Gasteiger partial charge in [-0.3, -0.25) is 4.79 Å². The molecule has 1 aromatic carbocycles. The zero-order valence-corrected chi connectivity index (χ0v) is 11.7. The van der Waals surface area contributed by atoms with Crippen molar-refractivity contribution in [3.63, 3.8) is 0 Å². The maximum absolute atomic E-state index is 10.6. The summed E-state index contributed by atoms with van der Waals surface area (Å²) in [6.07, 6.45) is 0. The van der Waals surface area contributed by atoms with Crippen LogP contribution in [0, 0.1) is 0 Å². The van der Waals surface area contributed by atoms with Gasteiger partial charge in [0, 0.05) is 20.0 Å². The summed E-state index contributed by atoms with van der Waals surface area (Å²) >= 11 is 0. The van der Waals surface area contributed by atoms with Gasteiger partial charge in [0.2, 0.25) is 0 Å². The average molecular weight is 267 g/mol. The number of ether oxygens (including phenoxy) is 3. The van der Waals surface area contributed by atoms with Crippen molar-refractivity contribution in [3.05, 3.63) is 23.8 Å². The van der Waals surface area contributed by atoms with Crippen molar-refractivity contribution in [1.29, 1.82) is 0 Å². The second-order valence-corrected chi connectivity index (χ2v) is 3.94. The Morgan fingerprint density at radius 2 is 2.11 bits per heavy atom. The number of methoxy groups -OCH3 is 1. The van der Waals surface area contributed by atoms with Crippen molar-refractivity contribution < 1.29 is 19.0 Å². The van der Waals surface area contributed by atoms with Crippen LogP contribution < -0.4 is 14.8 Å². The minimum atomic E-state index is -0.260. The van der Waals surface area contributed by atoms with Crippen molar-refractivity contribution in [1.82, 2.24) is 5.32 Å². The van der Waals surface area contributed by atoms with Crippen LogP contribution in [0.15, 0.2) is 18.2 Å². The summed E-state index contributed by atoms with van der Waals surface area (Å²) in [6, 6.07) is 5.81. The fourth-order valence-corrected chi connectivity index (χ4v) is 1.60. The normalized spacial score (nSPS) is 10.1. The van der Waals surface area contributed by atoms with Gasteiger partial charge in [-0.1, -0.05) is 6.07 Å². The predicted octanol–water partition coefficient (Wildman–Crippen LogP) is 1.75. The van der Waals surface area contributed by atoms with Gasteiger partial charge in [-0.05, 0) is 24.6 Å². The standard InChI is InChI=1S/C14H21NO4/c1-4-18-13-6-5-12(9-14(13)17-3)10-15-7-8-19-11(2)16/h5-6,9,15H,4,7-8,10H2,1-3H3. The van der Waals surface area contributed by atoms with Gasteiger partial charge in [0.15, 0.2) is 11.5 Å². The third-order valence-electron chi connectivity index (χ3n) is 2.44. The van der Waals surface area contributed by atoms with Crippen LogP contribution in [0.5, 0.6) is 11.5 Å². The van der Waals surface area contributed by atoms with E-state index in [1.165, 1.54) is 6.92 Å². The molecule has 5 nitrogen and oxygen atoms in total. The summed E-state index contributed by atoms with van der Waals surface area (Å²) in [4.78, 5) is 10.6. The van der Waals surface area contributed by atoms with Crippen LogP contribution in [0.25, 0.3) is 0 Å². The fourth-order valence-electron chi connectivity index (χ4n) is 1.60. The number of esters is 1. The Kier molecular flexibility index (Phi) is 6.74. The second-order valence-electron chi connectivity index (χ2n) is 3.94. The molecule has 0 bridgehead atoms. The highest BCUT2D eigenvalue weighted by Gasteiger charge is 2.04. The number of carbonyl (C=O) groups is 1. The van der Waals surface area contributed by atoms with Crippen molar-refractivity contribution in [3.8, 4) is 11.5 Å². The zero-order chi connectivity index (χ0) is 14.1. The maximum atomic E-state index is 10.6. The van der Waals surface area contributed by atoms with Gasteiger partial charge in [-0.25, -0.2) is 0 Å². The summed E-state index contributed by atoms with van der Waals surface area (Å²) in [6.45, 7) is 5.63. The Morgan fingerprint density at radius 1 is 1.32 bits per heavy atom. The molecule has 1 N–H and O–H groups in total. The molecule has 1 aromatic rings. The summed E-state index contributed by atoms with van der Waals surface area (Å²) in [7, 11) is 1.62. The van der Waals surface area contributed by atoms with Crippen LogP contribution in [0.2, 0.25) is 0 Å². The molecule has 0 radical (unpaired) electrons. The first-order chi connectivity index (χ1) is 9.17. The Bertz CT molecular complexity index is 406. The molecule has 0 aliphatic heterocycles. The minimum Gasteiger partial charge on any atom is -0.493 e. The number of nitrogens with one attached hydrogen (secondary N) is 1. The summed E-state index contributed by atoms with van der Waals surface area (Å²) in [5, 5.41) is 3.19. The first-order valence-corrected chi connectivity index (χ1v) is 6.31. The van der Waals surface area contributed by atoms with Crippen molar-refractivity contribution in [2.24, 2.45) is 0 Å². The smallest absolute Gasteiger partial charge is 0.302 e. The first-order valence-electron chi connectivity index (χ1n) is 6.31. The van der Waals surface area contributed by atoms with Crippen LogP contribution in [-0.4, -0.2) is 32.8 Å². The van der Waals surface area contributed by atoms with Crippen LogP contribution in [-0.2, 0) is 16.1 Å². The van der Waals surface area contributed by atoms with Gasteiger partial charge < -0.3 is 19.5 Å². The number of hydrogen-bond donors (Lipinski definition) is 1.